The molecule has 0 aliphatic carbocycles. The van der Waals surface area contributed by atoms with Crippen LogP contribution in [0.2, 0.25) is 0 Å². The van der Waals surface area contributed by atoms with Crippen LogP contribution in [0.1, 0.15) is 27.8 Å². The SMILES string of the molecule is Cc1c(C)c(C)c2c(C)cccc2c1C. The van der Waals surface area contributed by atoms with Crippen molar-refractivity contribution >= 4 is 10.8 Å². The number of hydrogen-bond acceptors (Lipinski definition) is 0. The van der Waals surface area contributed by atoms with Crippen LogP contribution in [0.3, 0.4) is 0 Å². The second kappa shape index (κ2) is 3.37. The van der Waals surface area contributed by atoms with Crippen molar-refractivity contribution in [2.75, 3.05) is 0 Å². The molecular weight excluding hydrogens is 180 g/mol. The minimum atomic E-state index is 1.39. The first-order chi connectivity index (χ1) is 7.04. The highest BCUT2D eigenvalue weighted by Crippen LogP contribution is 2.30. The van der Waals surface area contributed by atoms with Gasteiger partial charge in [0.1, 0.15) is 0 Å². The highest BCUT2D eigenvalue weighted by Gasteiger charge is 2.09. The first kappa shape index (κ1) is 10.2. The van der Waals surface area contributed by atoms with Gasteiger partial charge in [0, 0.05) is 0 Å². The summed E-state index contributed by atoms with van der Waals surface area (Å²) in [7, 11) is 0. The molecule has 0 heteroatoms. The van der Waals surface area contributed by atoms with E-state index in [2.05, 4.69) is 52.8 Å². The standard InChI is InChI=1S/C15H18/c1-9-7-6-8-14-12(4)10(2)11(3)13(5)15(9)14/h6-8H,1-5H3. The molecule has 0 N–H and O–H groups in total. The molecule has 0 atom stereocenters. The van der Waals surface area contributed by atoms with Gasteiger partial charge in [0.25, 0.3) is 0 Å². The van der Waals surface area contributed by atoms with Gasteiger partial charge in [-0.3, -0.25) is 0 Å². The van der Waals surface area contributed by atoms with Crippen LogP contribution in [0.15, 0.2) is 18.2 Å². The van der Waals surface area contributed by atoms with Crippen molar-refractivity contribution in [2.24, 2.45) is 0 Å². The number of hydrogen-bond donors (Lipinski definition) is 0. The van der Waals surface area contributed by atoms with Crippen molar-refractivity contribution in [3.63, 3.8) is 0 Å². The van der Waals surface area contributed by atoms with Gasteiger partial charge in [-0.1, -0.05) is 18.2 Å². The predicted molar refractivity (Wildman–Crippen MR) is 67.6 cm³/mol. The summed E-state index contributed by atoms with van der Waals surface area (Å²) >= 11 is 0. The topological polar surface area (TPSA) is 0 Å². The van der Waals surface area contributed by atoms with E-state index < -0.39 is 0 Å². The molecule has 0 saturated heterocycles. The third-order valence-electron chi connectivity index (χ3n) is 3.74. The molecular formula is C15H18. The van der Waals surface area contributed by atoms with Crippen molar-refractivity contribution in [2.45, 2.75) is 34.6 Å². The zero-order chi connectivity index (χ0) is 11.2. The Morgan fingerprint density at radius 3 is 1.93 bits per heavy atom. The van der Waals surface area contributed by atoms with Gasteiger partial charge in [-0.05, 0) is 73.2 Å². The van der Waals surface area contributed by atoms with E-state index in [-0.39, 0.29) is 0 Å². The monoisotopic (exact) mass is 198 g/mol. The average Bonchev–Trinajstić information content (AvgIpc) is 2.23. The summed E-state index contributed by atoms with van der Waals surface area (Å²) in [5.74, 6) is 0. The Balaban J connectivity index is 3.08. The van der Waals surface area contributed by atoms with Gasteiger partial charge in [-0.15, -0.1) is 0 Å². The van der Waals surface area contributed by atoms with Gasteiger partial charge < -0.3 is 0 Å². The maximum Gasteiger partial charge on any atom is -0.0120 e. The molecule has 0 aliphatic heterocycles. The van der Waals surface area contributed by atoms with Gasteiger partial charge in [0.15, 0.2) is 0 Å². The van der Waals surface area contributed by atoms with E-state index in [4.69, 9.17) is 0 Å². The Morgan fingerprint density at radius 2 is 1.27 bits per heavy atom. The summed E-state index contributed by atoms with van der Waals surface area (Å²) < 4.78 is 0. The van der Waals surface area contributed by atoms with Gasteiger partial charge in [0.05, 0.1) is 0 Å². The highest BCUT2D eigenvalue weighted by atomic mass is 14.1. The highest BCUT2D eigenvalue weighted by molar-refractivity contribution is 5.93. The molecule has 78 valence electrons. The third kappa shape index (κ3) is 1.36. The van der Waals surface area contributed by atoms with Crippen LogP contribution in [-0.4, -0.2) is 0 Å². The van der Waals surface area contributed by atoms with Crippen LogP contribution in [-0.2, 0) is 0 Å². The molecule has 0 amide bonds. The molecule has 2 aromatic carbocycles. The first-order valence-electron chi connectivity index (χ1n) is 5.49. The molecule has 15 heavy (non-hydrogen) atoms. The molecule has 0 aliphatic rings. The van der Waals surface area contributed by atoms with Crippen molar-refractivity contribution in [3.8, 4) is 0 Å². The van der Waals surface area contributed by atoms with Crippen LogP contribution < -0.4 is 0 Å². The molecule has 0 spiro atoms. The van der Waals surface area contributed by atoms with Gasteiger partial charge in [-0.25, -0.2) is 0 Å². The van der Waals surface area contributed by atoms with Gasteiger partial charge in [0.2, 0.25) is 0 Å². The van der Waals surface area contributed by atoms with E-state index in [1.807, 2.05) is 0 Å². The molecule has 2 aromatic rings. The lowest BCUT2D eigenvalue weighted by atomic mass is 9.90. The van der Waals surface area contributed by atoms with E-state index in [0.29, 0.717) is 0 Å². The van der Waals surface area contributed by atoms with Crippen molar-refractivity contribution < 1.29 is 0 Å². The zero-order valence-electron chi connectivity index (χ0n) is 10.2. The molecule has 2 rings (SSSR count). The quantitative estimate of drug-likeness (QED) is 0.589. The second-order valence-corrected chi connectivity index (χ2v) is 4.50. The van der Waals surface area contributed by atoms with E-state index in [1.54, 1.807) is 0 Å². The Labute approximate surface area is 91.9 Å². The molecule has 0 saturated carbocycles. The van der Waals surface area contributed by atoms with Crippen LogP contribution in [0.4, 0.5) is 0 Å². The molecule has 0 aromatic heterocycles. The van der Waals surface area contributed by atoms with Gasteiger partial charge in [-0.2, -0.15) is 0 Å². The lowest BCUT2D eigenvalue weighted by molar-refractivity contribution is 1.24. The summed E-state index contributed by atoms with van der Waals surface area (Å²) in [5.41, 5.74) is 7.12. The van der Waals surface area contributed by atoms with Crippen LogP contribution in [0.5, 0.6) is 0 Å². The van der Waals surface area contributed by atoms with Crippen LogP contribution >= 0.6 is 0 Å². The first-order valence-corrected chi connectivity index (χ1v) is 5.49. The van der Waals surface area contributed by atoms with Crippen LogP contribution in [0, 0.1) is 34.6 Å². The fourth-order valence-corrected chi connectivity index (χ4v) is 2.43. The van der Waals surface area contributed by atoms with E-state index in [9.17, 15) is 0 Å². The van der Waals surface area contributed by atoms with E-state index in [1.165, 1.54) is 38.6 Å². The minimum absolute atomic E-state index is 1.39. The molecule has 0 bridgehead atoms. The molecule has 0 unspecified atom stereocenters. The van der Waals surface area contributed by atoms with Crippen molar-refractivity contribution in [1.29, 1.82) is 0 Å². The van der Waals surface area contributed by atoms with Crippen molar-refractivity contribution in [3.05, 3.63) is 46.0 Å². The Hall–Kier alpha value is -1.30. The predicted octanol–water partition coefficient (Wildman–Crippen LogP) is 4.38. The fraction of sp³-hybridized carbons (Fsp3) is 0.333. The summed E-state index contributed by atoms with van der Waals surface area (Å²) in [5, 5.41) is 2.86. The summed E-state index contributed by atoms with van der Waals surface area (Å²) in [6, 6.07) is 6.58. The van der Waals surface area contributed by atoms with E-state index >= 15 is 0 Å². The van der Waals surface area contributed by atoms with Crippen LogP contribution in [0.25, 0.3) is 10.8 Å². The maximum atomic E-state index is 2.23. The third-order valence-corrected chi connectivity index (χ3v) is 3.74. The molecule has 0 radical (unpaired) electrons. The lowest BCUT2D eigenvalue weighted by Gasteiger charge is -2.15. The molecule has 0 fully saturated rings. The number of benzene rings is 2. The lowest BCUT2D eigenvalue weighted by Crippen LogP contribution is -1.95. The Morgan fingerprint density at radius 1 is 0.667 bits per heavy atom. The summed E-state index contributed by atoms with van der Waals surface area (Å²) in [4.78, 5) is 0. The largest absolute Gasteiger partial charge is 0.0614 e. The Kier molecular flexibility index (Phi) is 2.30. The number of aryl methyl sites for hydroxylation is 3. The van der Waals surface area contributed by atoms with Crippen molar-refractivity contribution in [1.82, 2.24) is 0 Å². The molecule has 0 heterocycles. The number of fused-ring (bicyclic) bond motifs is 1. The fourth-order valence-electron chi connectivity index (χ4n) is 2.43. The maximum absolute atomic E-state index is 2.23. The average molecular weight is 198 g/mol. The zero-order valence-corrected chi connectivity index (χ0v) is 10.2. The van der Waals surface area contributed by atoms with E-state index in [0.717, 1.165) is 0 Å². The molecule has 0 nitrogen and oxygen atoms in total. The summed E-state index contributed by atoms with van der Waals surface area (Å²) in [6.07, 6.45) is 0. The Bertz CT molecular complexity index is 533. The van der Waals surface area contributed by atoms with Gasteiger partial charge >= 0.3 is 0 Å². The minimum Gasteiger partial charge on any atom is -0.0614 e. The normalized spacial score (nSPS) is 11.0. The second-order valence-electron chi connectivity index (χ2n) is 4.50. The summed E-state index contributed by atoms with van der Waals surface area (Å²) in [6.45, 7) is 11.1. The number of rotatable bonds is 0. The smallest absolute Gasteiger partial charge is 0.0120 e.